The SMILES string of the molecule is COc1cccc([C@H](C)N2CCN(Cc3ccc(CO)o3)CC2)c1. The van der Waals surface area contributed by atoms with Gasteiger partial charge in [0.2, 0.25) is 0 Å². The first-order chi connectivity index (χ1) is 11.7. The Morgan fingerprint density at radius 3 is 2.54 bits per heavy atom. The number of furan rings is 1. The highest BCUT2D eigenvalue weighted by Gasteiger charge is 2.22. The molecule has 0 aliphatic carbocycles. The maximum absolute atomic E-state index is 9.08. The maximum Gasteiger partial charge on any atom is 0.129 e. The molecule has 1 aliphatic heterocycles. The summed E-state index contributed by atoms with van der Waals surface area (Å²) >= 11 is 0. The molecule has 1 saturated heterocycles. The Hall–Kier alpha value is -1.82. The highest BCUT2D eigenvalue weighted by atomic mass is 16.5. The van der Waals surface area contributed by atoms with Gasteiger partial charge in [0.1, 0.15) is 23.9 Å². The molecule has 1 N–H and O–H groups in total. The molecule has 1 aromatic carbocycles. The number of rotatable bonds is 6. The maximum atomic E-state index is 9.08. The van der Waals surface area contributed by atoms with Gasteiger partial charge in [-0.3, -0.25) is 9.80 Å². The standard InChI is InChI=1S/C19H26N2O3/c1-15(16-4-3-5-17(12-16)23-2)21-10-8-20(9-11-21)13-18-6-7-19(14-22)24-18/h3-7,12,15,22H,8-11,13-14H2,1-2H3/t15-/m0/s1. The van der Waals surface area contributed by atoms with Gasteiger partial charge in [-0.15, -0.1) is 0 Å². The number of benzene rings is 1. The molecule has 1 atom stereocenters. The van der Waals surface area contributed by atoms with Crippen molar-refractivity contribution in [3.63, 3.8) is 0 Å². The minimum atomic E-state index is -0.0359. The van der Waals surface area contributed by atoms with Crippen LogP contribution in [0.2, 0.25) is 0 Å². The molecule has 0 unspecified atom stereocenters. The summed E-state index contributed by atoms with van der Waals surface area (Å²) in [6, 6.07) is 12.5. The third kappa shape index (κ3) is 3.98. The van der Waals surface area contributed by atoms with Gasteiger partial charge in [-0.05, 0) is 36.8 Å². The Morgan fingerprint density at radius 1 is 1.12 bits per heavy atom. The van der Waals surface area contributed by atoms with E-state index >= 15 is 0 Å². The second-order valence-corrected chi connectivity index (χ2v) is 6.29. The third-order valence-electron chi connectivity index (χ3n) is 4.78. The van der Waals surface area contributed by atoms with Crippen LogP contribution in [-0.4, -0.2) is 48.2 Å². The number of piperazine rings is 1. The molecule has 0 bridgehead atoms. The Morgan fingerprint density at radius 2 is 1.88 bits per heavy atom. The van der Waals surface area contributed by atoms with Crippen LogP contribution < -0.4 is 4.74 Å². The van der Waals surface area contributed by atoms with E-state index in [-0.39, 0.29) is 6.61 Å². The molecule has 3 rings (SSSR count). The summed E-state index contributed by atoms with van der Waals surface area (Å²) in [5, 5.41) is 9.08. The van der Waals surface area contributed by atoms with Gasteiger partial charge in [0.25, 0.3) is 0 Å². The zero-order chi connectivity index (χ0) is 16.9. The van der Waals surface area contributed by atoms with Crippen molar-refractivity contribution in [2.75, 3.05) is 33.3 Å². The average molecular weight is 330 g/mol. The van der Waals surface area contributed by atoms with Crippen LogP contribution in [0.15, 0.2) is 40.8 Å². The van der Waals surface area contributed by atoms with Crippen molar-refractivity contribution >= 4 is 0 Å². The Balaban J connectivity index is 1.54. The van der Waals surface area contributed by atoms with E-state index in [0.717, 1.165) is 44.2 Å². The fourth-order valence-electron chi connectivity index (χ4n) is 3.23. The molecular weight excluding hydrogens is 304 g/mol. The molecule has 1 aliphatic rings. The first-order valence-corrected chi connectivity index (χ1v) is 8.48. The average Bonchev–Trinajstić information content (AvgIpc) is 3.09. The number of hydrogen-bond acceptors (Lipinski definition) is 5. The van der Waals surface area contributed by atoms with Crippen molar-refractivity contribution in [2.24, 2.45) is 0 Å². The van der Waals surface area contributed by atoms with Gasteiger partial charge in [-0.25, -0.2) is 0 Å². The zero-order valence-corrected chi connectivity index (χ0v) is 14.4. The molecule has 130 valence electrons. The first-order valence-electron chi connectivity index (χ1n) is 8.48. The van der Waals surface area contributed by atoms with Gasteiger partial charge in [0, 0.05) is 32.2 Å². The minimum Gasteiger partial charge on any atom is -0.497 e. The predicted molar refractivity (Wildman–Crippen MR) is 92.9 cm³/mol. The minimum absolute atomic E-state index is 0.0359. The summed E-state index contributed by atoms with van der Waals surface area (Å²) in [5.74, 6) is 2.47. The molecule has 0 amide bonds. The number of ether oxygens (including phenoxy) is 1. The second kappa shape index (κ2) is 7.83. The normalized spacial score (nSPS) is 17.8. The molecule has 0 spiro atoms. The van der Waals surface area contributed by atoms with Crippen molar-refractivity contribution in [3.05, 3.63) is 53.5 Å². The lowest BCUT2D eigenvalue weighted by molar-refractivity contribution is 0.0924. The molecule has 5 nitrogen and oxygen atoms in total. The van der Waals surface area contributed by atoms with Crippen molar-refractivity contribution in [3.8, 4) is 5.75 Å². The van der Waals surface area contributed by atoms with E-state index in [2.05, 4.69) is 34.9 Å². The summed E-state index contributed by atoms with van der Waals surface area (Å²) in [6.45, 7) is 7.13. The summed E-state index contributed by atoms with van der Waals surface area (Å²) in [6.07, 6.45) is 0. The summed E-state index contributed by atoms with van der Waals surface area (Å²) in [7, 11) is 1.71. The fraction of sp³-hybridized carbons (Fsp3) is 0.474. The van der Waals surface area contributed by atoms with Gasteiger partial charge in [0.15, 0.2) is 0 Å². The van der Waals surface area contributed by atoms with Crippen molar-refractivity contribution < 1.29 is 14.3 Å². The first kappa shape index (κ1) is 17.0. The molecular formula is C19H26N2O3. The Labute approximate surface area is 143 Å². The lowest BCUT2D eigenvalue weighted by Crippen LogP contribution is -2.46. The Bertz CT molecular complexity index is 648. The second-order valence-electron chi connectivity index (χ2n) is 6.29. The van der Waals surface area contributed by atoms with Crippen LogP contribution in [0.4, 0.5) is 0 Å². The van der Waals surface area contributed by atoms with E-state index in [1.807, 2.05) is 18.2 Å². The number of hydrogen-bond donors (Lipinski definition) is 1. The van der Waals surface area contributed by atoms with Crippen LogP contribution in [0.25, 0.3) is 0 Å². The van der Waals surface area contributed by atoms with Crippen molar-refractivity contribution in [1.82, 2.24) is 9.80 Å². The number of nitrogens with zero attached hydrogens (tertiary/aromatic N) is 2. The van der Waals surface area contributed by atoms with Crippen LogP contribution in [-0.2, 0) is 13.2 Å². The van der Waals surface area contributed by atoms with Crippen molar-refractivity contribution in [2.45, 2.75) is 26.1 Å². The van der Waals surface area contributed by atoms with E-state index in [1.165, 1.54) is 5.56 Å². The van der Waals surface area contributed by atoms with E-state index in [9.17, 15) is 0 Å². The highest BCUT2D eigenvalue weighted by molar-refractivity contribution is 5.30. The molecule has 1 fully saturated rings. The third-order valence-corrected chi connectivity index (χ3v) is 4.78. The lowest BCUT2D eigenvalue weighted by atomic mass is 10.1. The topological polar surface area (TPSA) is 49.1 Å². The molecule has 2 aromatic rings. The molecule has 0 radical (unpaired) electrons. The monoisotopic (exact) mass is 330 g/mol. The van der Waals surface area contributed by atoms with Gasteiger partial charge < -0.3 is 14.3 Å². The van der Waals surface area contributed by atoms with Gasteiger partial charge in [0.05, 0.1) is 13.7 Å². The predicted octanol–water partition coefficient (Wildman–Crippen LogP) is 2.66. The van der Waals surface area contributed by atoms with E-state index in [1.54, 1.807) is 7.11 Å². The van der Waals surface area contributed by atoms with E-state index in [0.29, 0.717) is 11.8 Å². The van der Waals surface area contributed by atoms with Crippen LogP contribution in [0.3, 0.4) is 0 Å². The van der Waals surface area contributed by atoms with Crippen molar-refractivity contribution in [1.29, 1.82) is 0 Å². The molecule has 5 heteroatoms. The van der Waals surface area contributed by atoms with Crippen LogP contribution >= 0.6 is 0 Å². The summed E-state index contributed by atoms with van der Waals surface area (Å²) in [4.78, 5) is 4.90. The molecule has 24 heavy (non-hydrogen) atoms. The largest absolute Gasteiger partial charge is 0.497 e. The molecule has 0 saturated carbocycles. The molecule has 2 heterocycles. The van der Waals surface area contributed by atoms with E-state index in [4.69, 9.17) is 14.3 Å². The Kier molecular flexibility index (Phi) is 5.56. The number of aliphatic hydroxyl groups is 1. The smallest absolute Gasteiger partial charge is 0.129 e. The van der Waals surface area contributed by atoms with Gasteiger partial charge in [-0.1, -0.05) is 12.1 Å². The van der Waals surface area contributed by atoms with Gasteiger partial charge >= 0.3 is 0 Å². The zero-order valence-electron chi connectivity index (χ0n) is 14.4. The van der Waals surface area contributed by atoms with Crippen LogP contribution in [0.5, 0.6) is 5.75 Å². The highest BCUT2D eigenvalue weighted by Crippen LogP contribution is 2.25. The number of methoxy groups -OCH3 is 1. The molecule has 1 aromatic heterocycles. The fourth-order valence-corrected chi connectivity index (χ4v) is 3.23. The summed E-state index contributed by atoms with van der Waals surface area (Å²) in [5.41, 5.74) is 1.29. The van der Waals surface area contributed by atoms with Crippen LogP contribution in [0, 0.1) is 0 Å². The quantitative estimate of drug-likeness (QED) is 0.882. The lowest BCUT2D eigenvalue weighted by Gasteiger charge is -2.38. The van der Waals surface area contributed by atoms with Gasteiger partial charge in [-0.2, -0.15) is 0 Å². The summed E-state index contributed by atoms with van der Waals surface area (Å²) < 4.78 is 10.9. The number of aliphatic hydroxyl groups excluding tert-OH is 1. The van der Waals surface area contributed by atoms with Crippen LogP contribution in [0.1, 0.15) is 30.0 Å². The van der Waals surface area contributed by atoms with E-state index < -0.39 is 0 Å².